The van der Waals surface area contributed by atoms with Crippen molar-refractivity contribution >= 4 is 23.4 Å². The van der Waals surface area contributed by atoms with Crippen LogP contribution in [0.2, 0.25) is 0 Å². The molecular weight excluding hydrogens is 398 g/mol. The lowest BCUT2D eigenvalue weighted by Crippen LogP contribution is -2.26. The quantitative estimate of drug-likeness (QED) is 0.439. The van der Waals surface area contributed by atoms with E-state index < -0.39 is 5.25 Å². The Morgan fingerprint density at radius 1 is 1.13 bits per heavy atom. The lowest BCUT2D eigenvalue weighted by atomic mass is 9.96. The summed E-state index contributed by atoms with van der Waals surface area (Å²) in [6, 6.07) is 17.3. The molecule has 0 aliphatic rings. The number of anilines is 1. The van der Waals surface area contributed by atoms with E-state index in [0.29, 0.717) is 23.3 Å². The molecule has 0 aliphatic carbocycles. The number of rotatable bonds is 7. The summed E-state index contributed by atoms with van der Waals surface area (Å²) in [4.78, 5) is 12.6. The van der Waals surface area contributed by atoms with E-state index in [-0.39, 0.29) is 11.3 Å². The molecule has 30 heavy (non-hydrogen) atoms. The summed E-state index contributed by atoms with van der Waals surface area (Å²) in [6.45, 7) is 8.34. The third-order valence-corrected chi connectivity index (χ3v) is 5.41. The number of carbonyl (C=O) groups is 1. The van der Waals surface area contributed by atoms with Crippen LogP contribution in [0, 0.1) is 0 Å². The van der Waals surface area contributed by atoms with Crippen molar-refractivity contribution in [3.63, 3.8) is 0 Å². The molecule has 0 unspecified atom stereocenters. The Morgan fingerprint density at radius 2 is 1.80 bits per heavy atom. The second-order valence-corrected chi connectivity index (χ2v) is 9.28. The van der Waals surface area contributed by atoms with Crippen LogP contribution in [-0.2, 0) is 16.8 Å². The number of nitrogens with one attached hydrogen (secondary N) is 1. The number of nitrogens with zero attached hydrogens (tertiary/aromatic N) is 3. The smallest absolute Gasteiger partial charge is 0.237 e. The van der Waals surface area contributed by atoms with Crippen LogP contribution in [0.25, 0.3) is 0 Å². The molecule has 0 spiro atoms. The van der Waals surface area contributed by atoms with Crippen LogP contribution < -0.4 is 15.9 Å². The van der Waals surface area contributed by atoms with Crippen molar-refractivity contribution in [2.75, 3.05) is 11.2 Å². The minimum atomic E-state index is -0.390. The van der Waals surface area contributed by atoms with E-state index in [1.54, 1.807) is 0 Å². The minimum Gasteiger partial charge on any atom is -0.489 e. The van der Waals surface area contributed by atoms with Crippen LogP contribution in [0.3, 0.4) is 0 Å². The van der Waals surface area contributed by atoms with Gasteiger partial charge in [0.15, 0.2) is 5.82 Å². The van der Waals surface area contributed by atoms with E-state index >= 15 is 0 Å². The maximum Gasteiger partial charge on any atom is 0.237 e. The molecule has 1 atom stereocenters. The molecule has 0 saturated carbocycles. The molecule has 0 radical (unpaired) electrons. The molecule has 0 aliphatic heterocycles. The van der Waals surface area contributed by atoms with Crippen molar-refractivity contribution in [1.29, 1.82) is 0 Å². The van der Waals surface area contributed by atoms with Crippen LogP contribution in [0.5, 0.6) is 5.75 Å². The molecule has 3 rings (SSSR count). The van der Waals surface area contributed by atoms with Gasteiger partial charge in [-0.15, -0.1) is 10.2 Å². The van der Waals surface area contributed by atoms with Crippen molar-refractivity contribution in [3.8, 4) is 5.75 Å². The summed E-state index contributed by atoms with van der Waals surface area (Å²) in [7, 11) is 0. The van der Waals surface area contributed by atoms with Gasteiger partial charge in [0.2, 0.25) is 11.1 Å². The number of benzene rings is 2. The molecule has 0 fully saturated rings. The first kappa shape index (κ1) is 21.7. The summed E-state index contributed by atoms with van der Waals surface area (Å²) in [5.41, 5.74) is 1.57. The topological polar surface area (TPSA) is 95.1 Å². The number of aromatic nitrogens is 3. The van der Waals surface area contributed by atoms with Crippen LogP contribution in [0.15, 0.2) is 59.8 Å². The molecule has 0 saturated heterocycles. The third kappa shape index (κ3) is 5.54. The van der Waals surface area contributed by atoms with Gasteiger partial charge in [-0.1, -0.05) is 62.9 Å². The average Bonchev–Trinajstić information content (AvgIpc) is 3.09. The largest absolute Gasteiger partial charge is 0.489 e. The maximum absolute atomic E-state index is 12.6. The summed E-state index contributed by atoms with van der Waals surface area (Å²) in [6.07, 6.45) is 0. The molecular formula is C22H27N5O2S. The second kappa shape index (κ2) is 9.21. The van der Waals surface area contributed by atoms with Gasteiger partial charge in [0.25, 0.3) is 0 Å². The zero-order valence-corrected chi connectivity index (χ0v) is 18.4. The number of nitrogen functional groups attached to an aromatic ring is 1. The van der Waals surface area contributed by atoms with Gasteiger partial charge in [0.1, 0.15) is 12.4 Å². The lowest BCUT2D eigenvalue weighted by Gasteiger charge is -2.17. The number of amides is 1. The monoisotopic (exact) mass is 425 g/mol. The summed E-state index contributed by atoms with van der Waals surface area (Å²) < 4.78 is 7.22. The highest BCUT2D eigenvalue weighted by molar-refractivity contribution is 8.00. The van der Waals surface area contributed by atoms with Gasteiger partial charge in [-0.2, -0.15) is 0 Å². The average molecular weight is 426 g/mol. The Balaban J connectivity index is 1.54. The number of carbonyl (C=O) groups excluding carboxylic acids is 1. The zero-order valence-electron chi connectivity index (χ0n) is 17.6. The van der Waals surface area contributed by atoms with Crippen molar-refractivity contribution in [3.05, 3.63) is 66.0 Å². The highest BCUT2D eigenvalue weighted by Crippen LogP contribution is 2.26. The van der Waals surface area contributed by atoms with Gasteiger partial charge in [-0.3, -0.25) is 4.79 Å². The molecule has 2 aromatic carbocycles. The van der Waals surface area contributed by atoms with Gasteiger partial charge >= 0.3 is 0 Å². The Bertz CT molecular complexity index is 981. The first-order chi connectivity index (χ1) is 14.2. The molecule has 1 amide bonds. The summed E-state index contributed by atoms with van der Waals surface area (Å²) in [5.74, 6) is 7.37. The fourth-order valence-electron chi connectivity index (χ4n) is 2.70. The fraction of sp³-hybridized carbons (Fsp3) is 0.318. The number of hydrogen-bond donors (Lipinski definition) is 2. The highest BCUT2D eigenvalue weighted by Gasteiger charge is 2.25. The van der Waals surface area contributed by atoms with Crippen molar-refractivity contribution < 1.29 is 9.53 Å². The van der Waals surface area contributed by atoms with E-state index in [2.05, 4.69) is 15.5 Å². The normalized spacial score (nSPS) is 12.4. The van der Waals surface area contributed by atoms with E-state index in [1.807, 2.05) is 82.3 Å². The van der Waals surface area contributed by atoms with E-state index in [9.17, 15) is 4.79 Å². The van der Waals surface area contributed by atoms with Crippen molar-refractivity contribution in [2.45, 2.75) is 50.1 Å². The van der Waals surface area contributed by atoms with Crippen molar-refractivity contribution in [1.82, 2.24) is 14.9 Å². The number of thioether (sulfide) groups is 1. The van der Waals surface area contributed by atoms with Crippen LogP contribution in [0.4, 0.5) is 5.69 Å². The van der Waals surface area contributed by atoms with Gasteiger partial charge < -0.3 is 15.9 Å². The second-order valence-electron chi connectivity index (χ2n) is 7.97. The number of hydrogen-bond acceptors (Lipinski definition) is 6. The van der Waals surface area contributed by atoms with E-state index in [0.717, 1.165) is 11.3 Å². The molecule has 0 bridgehead atoms. The Hall–Kier alpha value is -3.00. The lowest BCUT2D eigenvalue weighted by molar-refractivity contribution is -0.115. The van der Waals surface area contributed by atoms with Gasteiger partial charge in [-0.25, -0.2) is 4.68 Å². The van der Waals surface area contributed by atoms with Gasteiger partial charge in [-0.05, 0) is 36.8 Å². The van der Waals surface area contributed by atoms with Crippen LogP contribution in [-0.4, -0.2) is 26.0 Å². The Morgan fingerprint density at radius 3 is 2.40 bits per heavy atom. The molecule has 1 aromatic heterocycles. The third-order valence-electron chi connectivity index (χ3n) is 4.36. The predicted molar refractivity (Wildman–Crippen MR) is 120 cm³/mol. The van der Waals surface area contributed by atoms with E-state index in [1.165, 1.54) is 16.4 Å². The number of nitrogens with two attached hydrogens (primary N) is 1. The van der Waals surface area contributed by atoms with Gasteiger partial charge in [0.05, 0.1) is 5.25 Å². The maximum atomic E-state index is 12.6. The van der Waals surface area contributed by atoms with Crippen LogP contribution in [0.1, 0.15) is 39.1 Å². The first-order valence-corrected chi connectivity index (χ1v) is 10.6. The standard InChI is InChI=1S/C22H27N5O2S/c1-15(30-21-26-25-20(27(21)23)22(2,3)4)19(28)24-17-10-12-18(13-11-17)29-14-16-8-6-5-7-9-16/h5-13,15H,14,23H2,1-4H3,(H,24,28)/t15-/m0/s1. The summed E-state index contributed by atoms with van der Waals surface area (Å²) >= 11 is 1.27. The predicted octanol–water partition coefficient (Wildman–Crippen LogP) is 3.99. The molecule has 1 heterocycles. The molecule has 7 nitrogen and oxygen atoms in total. The van der Waals surface area contributed by atoms with Crippen molar-refractivity contribution in [2.24, 2.45) is 0 Å². The Kier molecular flexibility index (Phi) is 6.66. The van der Waals surface area contributed by atoms with E-state index in [4.69, 9.17) is 10.6 Å². The zero-order chi connectivity index (χ0) is 21.7. The molecule has 3 aromatic rings. The summed E-state index contributed by atoms with van der Waals surface area (Å²) in [5, 5.41) is 11.3. The molecule has 158 valence electrons. The van der Waals surface area contributed by atoms with Crippen LogP contribution >= 0.6 is 11.8 Å². The molecule has 3 N–H and O–H groups in total. The minimum absolute atomic E-state index is 0.140. The molecule has 8 heteroatoms. The number of ether oxygens (including phenoxy) is 1. The van der Waals surface area contributed by atoms with Gasteiger partial charge in [0, 0.05) is 11.1 Å². The SMILES string of the molecule is C[C@H](Sc1nnc(C(C)(C)C)n1N)C(=O)Nc1ccc(OCc2ccccc2)cc1. The Labute approximate surface area is 181 Å². The fourth-order valence-corrected chi connectivity index (χ4v) is 3.47. The first-order valence-electron chi connectivity index (χ1n) is 9.69. The highest BCUT2D eigenvalue weighted by atomic mass is 32.2.